The Morgan fingerprint density at radius 2 is 1.71 bits per heavy atom. The van der Waals surface area contributed by atoms with Crippen LogP contribution in [0.3, 0.4) is 0 Å². The molecule has 3 N–H and O–H groups in total. The van der Waals surface area contributed by atoms with E-state index in [-0.39, 0.29) is 42.0 Å². The monoisotopic (exact) mass is 412 g/mol. The number of carbonyl (C=O) groups excluding carboxylic acids is 1. The van der Waals surface area contributed by atoms with Gasteiger partial charge in [0.05, 0.1) is 6.54 Å². The van der Waals surface area contributed by atoms with Crippen LogP contribution in [0.2, 0.25) is 0 Å². The average molecular weight is 412 g/mol. The first-order chi connectivity index (χ1) is 9.14. The van der Waals surface area contributed by atoms with Crippen LogP contribution in [-0.2, 0) is 4.79 Å². The SMILES string of the molecule is CN=C(NCC(=O)NC(C)(C)C)NC(C)CCC(C)C.I. The van der Waals surface area contributed by atoms with Crippen LogP contribution in [0.1, 0.15) is 54.4 Å². The summed E-state index contributed by atoms with van der Waals surface area (Å²) in [5.41, 5.74) is -0.208. The molecule has 1 amide bonds. The third-order valence-corrected chi connectivity index (χ3v) is 2.71. The van der Waals surface area contributed by atoms with Gasteiger partial charge in [-0.1, -0.05) is 13.8 Å². The lowest BCUT2D eigenvalue weighted by atomic mass is 10.0. The molecular formula is C15H33IN4O. The van der Waals surface area contributed by atoms with E-state index in [0.29, 0.717) is 17.9 Å². The minimum absolute atomic E-state index is 0. The van der Waals surface area contributed by atoms with Gasteiger partial charge >= 0.3 is 0 Å². The first-order valence-electron chi connectivity index (χ1n) is 7.42. The zero-order valence-corrected chi connectivity index (χ0v) is 16.9. The van der Waals surface area contributed by atoms with Gasteiger partial charge in [0.25, 0.3) is 0 Å². The quantitative estimate of drug-likeness (QED) is 0.357. The lowest BCUT2D eigenvalue weighted by Crippen LogP contribution is -2.49. The van der Waals surface area contributed by atoms with Crippen molar-refractivity contribution in [2.24, 2.45) is 10.9 Å². The molecule has 0 spiro atoms. The maximum Gasteiger partial charge on any atom is 0.239 e. The number of nitrogens with one attached hydrogen (secondary N) is 3. The van der Waals surface area contributed by atoms with Crippen LogP contribution in [0.15, 0.2) is 4.99 Å². The predicted molar refractivity (Wildman–Crippen MR) is 101 cm³/mol. The Morgan fingerprint density at radius 3 is 2.14 bits per heavy atom. The number of aliphatic imine (C=N–C) groups is 1. The number of rotatable bonds is 6. The Bertz CT molecular complexity index is 324. The minimum Gasteiger partial charge on any atom is -0.354 e. The third kappa shape index (κ3) is 14.2. The first-order valence-corrected chi connectivity index (χ1v) is 7.42. The highest BCUT2D eigenvalue weighted by Crippen LogP contribution is 2.06. The molecule has 6 heteroatoms. The molecule has 0 saturated heterocycles. The van der Waals surface area contributed by atoms with Crippen LogP contribution in [0.5, 0.6) is 0 Å². The largest absolute Gasteiger partial charge is 0.354 e. The standard InChI is InChI=1S/C15H32N4O.HI/c1-11(2)8-9-12(3)18-14(16-7)17-10-13(20)19-15(4,5)6;/h11-12H,8-10H2,1-7H3,(H,19,20)(H2,16,17,18);1H. The van der Waals surface area contributed by atoms with Gasteiger partial charge in [0.15, 0.2) is 5.96 Å². The maximum atomic E-state index is 11.7. The van der Waals surface area contributed by atoms with E-state index in [4.69, 9.17) is 0 Å². The Labute approximate surface area is 147 Å². The molecule has 0 saturated carbocycles. The maximum absolute atomic E-state index is 11.7. The van der Waals surface area contributed by atoms with Gasteiger partial charge in [-0.05, 0) is 46.5 Å². The number of guanidine groups is 1. The summed E-state index contributed by atoms with van der Waals surface area (Å²) in [5, 5.41) is 9.24. The molecule has 0 bridgehead atoms. The number of amides is 1. The lowest BCUT2D eigenvalue weighted by Gasteiger charge is -2.22. The highest BCUT2D eigenvalue weighted by molar-refractivity contribution is 14.0. The summed E-state index contributed by atoms with van der Waals surface area (Å²) in [5.74, 6) is 1.34. The fourth-order valence-electron chi connectivity index (χ4n) is 1.71. The van der Waals surface area contributed by atoms with Crippen molar-refractivity contribution < 1.29 is 4.79 Å². The summed E-state index contributed by atoms with van der Waals surface area (Å²) >= 11 is 0. The minimum atomic E-state index is -0.208. The van der Waals surface area contributed by atoms with Crippen molar-refractivity contribution >= 4 is 35.8 Å². The fourth-order valence-corrected chi connectivity index (χ4v) is 1.71. The van der Waals surface area contributed by atoms with Crippen molar-refractivity contribution in [2.45, 2.75) is 66.0 Å². The summed E-state index contributed by atoms with van der Waals surface area (Å²) in [4.78, 5) is 15.9. The van der Waals surface area contributed by atoms with Crippen molar-refractivity contribution in [1.29, 1.82) is 0 Å². The second-order valence-corrected chi connectivity index (χ2v) is 6.74. The Kier molecular flexibility index (Phi) is 12.0. The molecule has 0 aliphatic carbocycles. The van der Waals surface area contributed by atoms with E-state index in [1.54, 1.807) is 7.05 Å². The van der Waals surface area contributed by atoms with Gasteiger partial charge in [0.2, 0.25) is 5.91 Å². The number of carbonyl (C=O) groups is 1. The van der Waals surface area contributed by atoms with E-state index in [0.717, 1.165) is 6.42 Å². The zero-order valence-electron chi connectivity index (χ0n) is 14.5. The van der Waals surface area contributed by atoms with Gasteiger partial charge in [-0.25, -0.2) is 0 Å². The van der Waals surface area contributed by atoms with E-state index in [1.807, 2.05) is 20.8 Å². The summed E-state index contributed by atoms with van der Waals surface area (Å²) < 4.78 is 0. The molecule has 21 heavy (non-hydrogen) atoms. The molecule has 0 radical (unpaired) electrons. The van der Waals surface area contributed by atoms with Crippen molar-refractivity contribution in [2.75, 3.05) is 13.6 Å². The third-order valence-electron chi connectivity index (χ3n) is 2.71. The van der Waals surface area contributed by atoms with Crippen molar-refractivity contribution in [1.82, 2.24) is 16.0 Å². The second-order valence-electron chi connectivity index (χ2n) is 6.74. The van der Waals surface area contributed by atoms with Crippen LogP contribution in [0.25, 0.3) is 0 Å². The zero-order chi connectivity index (χ0) is 15.8. The van der Waals surface area contributed by atoms with Crippen molar-refractivity contribution in [3.8, 4) is 0 Å². The van der Waals surface area contributed by atoms with Gasteiger partial charge in [0.1, 0.15) is 0 Å². The lowest BCUT2D eigenvalue weighted by molar-refractivity contribution is -0.121. The first kappa shape index (κ1) is 22.7. The van der Waals surface area contributed by atoms with Crippen LogP contribution >= 0.6 is 24.0 Å². The van der Waals surface area contributed by atoms with Crippen LogP contribution in [-0.4, -0.2) is 37.0 Å². The number of nitrogens with zero attached hydrogens (tertiary/aromatic N) is 1. The van der Waals surface area contributed by atoms with E-state index >= 15 is 0 Å². The normalized spacial score (nSPS) is 13.4. The van der Waals surface area contributed by atoms with Gasteiger partial charge in [0, 0.05) is 18.6 Å². The molecule has 126 valence electrons. The summed E-state index contributed by atoms with van der Waals surface area (Å²) in [7, 11) is 1.71. The molecule has 0 aromatic carbocycles. The molecule has 0 aromatic rings. The molecule has 1 unspecified atom stereocenters. The molecule has 0 rings (SSSR count). The van der Waals surface area contributed by atoms with E-state index in [2.05, 4.69) is 41.7 Å². The molecule has 0 heterocycles. The second kappa shape index (κ2) is 11.1. The molecule has 0 aliphatic heterocycles. The number of hydrogen-bond donors (Lipinski definition) is 3. The molecular weight excluding hydrogens is 379 g/mol. The van der Waals surface area contributed by atoms with E-state index in [9.17, 15) is 4.79 Å². The van der Waals surface area contributed by atoms with E-state index < -0.39 is 0 Å². The summed E-state index contributed by atoms with van der Waals surface area (Å²) in [6, 6.07) is 0.342. The van der Waals surface area contributed by atoms with E-state index in [1.165, 1.54) is 6.42 Å². The highest BCUT2D eigenvalue weighted by atomic mass is 127. The Morgan fingerprint density at radius 1 is 1.14 bits per heavy atom. The van der Waals surface area contributed by atoms with Gasteiger partial charge in [-0.3, -0.25) is 9.79 Å². The fraction of sp³-hybridized carbons (Fsp3) is 0.867. The molecule has 0 aromatic heterocycles. The Hall–Kier alpha value is -0.530. The number of halogens is 1. The predicted octanol–water partition coefficient (Wildman–Crippen LogP) is 2.51. The summed E-state index contributed by atoms with van der Waals surface area (Å²) in [6.45, 7) is 12.7. The molecule has 0 fully saturated rings. The Balaban J connectivity index is 0. The molecule has 0 aliphatic rings. The van der Waals surface area contributed by atoms with Gasteiger partial charge < -0.3 is 16.0 Å². The summed E-state index contributed by atoms with van der Waals surface area (Å²) in [6.07, 6.45) is 2.27. The molecule has 1 atom stereocenters. The van der Waals surface area contributed by atoms with Crippen molar-refractivity contribution in [3.63, 3.8) is 0 Å². The molecule has 5 nitrogen and oxygen atoms in total. The number of hydrogen-bond acceptors (Lipinski definition) is 2. The topological polar surface area (TPSA) is 65.5 Å². The highest BCUT2D eigenvalue weighted by Gasteiger charge is 2.14. The van der Waals surface area contributed by atoms with Gasteiger partial charge in [-0.2, -0.15) is 0 Å². The smallest absolute Gasteiger partial charge is 0.239 e. The van der Waals surface area contributed by atoms with Gasteiger partial charge in [-0.15, -0.1) is 24.0 Å². The van der Waals surface area contributed by atoms with Crippen molar-refractivity contribution in [3.05, 3.63) is 0 Å². The van der Waals surface area contributed by atoms with Crippen LogP contribution in [0.4, 0.5) is 0 Å². The van der Waals surface area contributed by atoms with Crippen LogP contribution in [0, 0.1) is 5.92 Å². The van der Waals surface area contributed by atoms with Crippen LogP contribution < -0.4 is 16.0 Å². The average Bonchev–Trinajstić information content (AvgIpc) is 2.29.